The third-order valence-electron chi connectivity index (χ3n) is 2.87. The first kappa shape index (κ1) is 12.7. The van der Waals surface area contributed by atoms with Gasteiger partial charge in [0.2, 0.25) is 0 Å². The second-order valence-electron chi connectivity index (χ2n) is 5.23. The van der Waals surface area contributed by atoms with Crippen LogP contribution in [0.2, 0.25) is 0 Å². The Hall–Kier alpha value is -0.340. The molecule has 15 heavy (non-hydrogen) atoms. The summed E-state index contributed by atoms with van der Waals surface area (Å²) in [5, 5.41) is 5.86. The molecule has 0 aliphatic heterocycles. The summed E-state index contributed by atoms with van der Waals surface area (Å²) in [5.74, 6) is 0. The minimum absolute atomic E-state index is 0.334. The van der Waals surface area contributed by atoms with Crippen LogP contribution in [0.3, 0.4) is 0 Å². The van der Waals surface area contributed by atoms with Crippen molar-refractivity contribution in [2.24, 2.45) is 5.41 Å². The van der Waals surface area contributed by atoms with E-state index in [9.17, 15) is 0 Å². The van der Waals surface area contributed by atoms with Gasteiger partial charge in [0, 0.05) is 17.0 Å². The van der Waals surface area contributed by atoms with Crippen molar-refractivity contribution in [1.29, 1.82) is 0 Å². The molecule has 1 rings (SSSR count). The van der Waals surface area contributed by atoms with Crippen LogP contribution in [0.25, 0.3) is 0 Å². The molecule has 0 aliphatic rings. The zero-order valence-corrected chi connectivity index (χ0v) is 11.3. The van der Waals surface area contributed by atoms with Crippen molar-refractivity contribution in [3.63, 3.8) is 0 Å². The average Bonchev–Trinajstić information content (AvgIpc) is 2.64. The van der Waals surface area contributed by atoms with Gasteiger partial charge < -0.3 is 5.32 Å². The van der Waals surface area contributed by atoms with Crippen LogP contribution in [0.15, 0.2) is 17.5 Å². The van der Waals surface area contributed by atoms with E-state index in [1.807, 2.05) is 11.3 Å². The van der Waals surface area contributed by atoms with E-state index >= 15 is 0 Å². The molecule has 86 valence electrons. The molecule has 1 aromatic heterocycles. The lowest BCUT2D eigenvalue weighted by molar-refractivity contribution is 0.245. The molecule has 2 heteroatoms. The fourth-order valence-electron chi connectivity index (χ4n) is 1.90. The molecular weight excluding hydrogens is 202 g/mol. The first-order valence-corrected chi connectivity index (χ1v) is 6.62. The van der Waals surface area contributed by atoms with Gasteiger partial charge in [-0.25, -0.2) is 0 Å². The molecule has 0 bridgehead atoms. The molecule has 0 radical (unpaired) electrons. The summed E-state index contributed by atoms with van der Waals surface area (Å²) >= 11 is 1.83. The minimum Gasteiger partial charge on any atom is -0.306 e. The lowest BCUT2D eigenvalue weighted by Gasteiger charge is -2.33. The standard InChI is InChI=1S/C13H23NS/c1-6-12(13(3,4)5)14-10(2)11-8-7-9-15-11/h7-10,12,14H,6H2,1-5H3. The second kappa shape index (κ2) is 5.13. The zero-order valence-electron chi connectivity index (χ0n) is 10.5. The van der Waals surface area contributed by atoms with Crippen molar-refractivity contribution in [2.45, 2.75) is 53.1 Å². The van der Waals surface area contributed by atoms with E-state index in [4.69, 9.17) is 0 Å². The second-order valence-corrected chi connectivity index (χ2v) is 6.21. The third kappa shape index (κ3) is 3.62. The lowest BCUT2D eigenvalue weighted by atomic mass is 9.85. The van der Waals surface area contributed by atoms with Crippen molar-refractivity contribution in [1.82, 2.24) is 5.32 Å². The van der Waals surface area contributed by atoms with Crippen LogP contribution in [-0.4, -0.2) is 6.04 Å². The summed E-state index contributed by atoms with van der Waals surface area (Å²) in [5.41, 5.74) is 0.334. The van der Waals surface area contributed by atoms with E-state index in [2.05, 4.69) is 57.4 Å². The van der Waals surface area contributed by atoms with E-state index in [1.54, 1.807) is 0 Å². The highest BCUT2D eigenvalue weighted by Gasteiger charge is 2.24. The van der Waals surface area contributed by atoms with Crippen LogP contribution in [-0.2, 0) is 0 Å². The normalized spacial score (nSPS) is 16.3. The van der Waals surface area contributed by atoms with Gasteiger partial charge in [-0.1, -0.05) is 33.8 Å². The summed E-state index contributed by atoms with van der Waals surface area (Å²) in [7, 11) is 0. The Morgan fingerprint density at radius 3 is 2.47 bits per heavy atom. The Balaban J connectivity index is 2.60. The molecule has 2 unspecified atom stereocenters. The van der Waals surface area contributed by atoms with Gasteiger partial charge in [0.1, 0.15) is 0 Å². The third-order valence-corrected chi connectivity index (χ3v) is 3.93. The SMILES string of the molecule is CCC(NC(C)c1cccs1)C(C)(C)C. The van der Waals surface area contributed by atoms with Crippen LogP contribution < -0.4 is 5.32 Å². The Morgan fingerprint density at radius 2 is 2.07 bits per heavy atom. The van der Waals surface area contributed by atoms with Gasteiger partial charge in [0.05, 0.1) is 0 Å². The molecule has 1 aromatic rings. The van der Waals surface area contributed by atoms with E-state index in [0.29, 0.717) is 17.5 Å². The van der Waals surface area contributed by atoms with Crippen molar-refractivity contribution in [2.75, 3.05) is 0 Å². The summed E-state index contributed by atoms with van der Waals surface area (Å²) in [6.07, 6.45) is 1.18. The summed E-state index contributed by atoms with van der Waals surface area (Å²) < 4.78 is 0. The molecule has 1 nitrogen and oxygen atoms in total. The van der Waals surface area contributed by atoms with Crippen molar-refractivity contribution in [3.8, 4) is 0 Å². The van der Waals surface area contributed by atoms with Gasteiger partial charge in [-0.05, 0) is 30.2 Å². The van der Waals surface area contributed by atoms with Crippen molar-refractivity contribution in [3.05, 3.63) is 22.4 Å². The smallest absolute Gasteiger partial charge is 0.0388 e. The molecule has 0 saturated carbocycles. The van der Waals surface area contributed by atoms with Crippen molar-refractivity contribution >= 4 is 11.3 Å². The first-order chi connectivity index (χ1) is 6.95. The molecule has 2 atom stereocenters. The molecule has 0 spiro atoms. The minimum atomic E-state index is 0.334. The highest BCUT2D eigenvalue weighted by molar-refractivity contribution is 7.10. The zero-order chi connectivity index (χ0) is 11.5. The molecule has 0 aliphatic carbocycles. The summed E-state index contributed by atoms with van der Waals surface area (Å²) in [4.78, 5) is 1.43. The maximum absolute atomic E-state index is 3.72. The van der Waals surface area contributed by atoms with Gasteiger partial charge >= 0.3 is 0 Å². The molecule has 0 amide bonds. The molecule has 1 heterocycles. The Morgan fingerprint density at radius 1 is 1.40 bits per heavy atom. The molecule has 0 aromatic carbocycles. The monoisotopic (exact) mass is 225 g/mol. The van der Waals surface area contributed by atoms with Gasteiger partial charge in [-0.2, -0.15) is 0 Å². The maximum atomic E-state index is 3.72. The largest absolute Gasteiger partial charge is 0.306 e. The quantitative estimate of drug-likeness (QED) is 0.809. The van der Waals surface area contributed by atoms with Crippen LogP contribution in [0.4, 0.5) is 0 Å². The Kier molecular flexibility index (Phi) is 4.35. The number of thiophene rings is 1. The summed E-state index contributed by atoms with van der Waals surface area (Å²) in [6.45, 7) is 11.4. The van der Waals surface area contributed by atoms with Gasteiger partial charge in [0.15, 0.2) is 0 Å². The number of hydrogen-bond acceptors (Lipinski definition) is 2. The summed E-state index contributed by atoms with van der Waals surface area (Å²) in [6, 6.07) is 5.37. The van der Waals surface area contributed by atoms with Gasteiger partial charge in [-0.15, -0.1) is 11.3 Å². The number of hydrogen-bond donors (Lipinski definition) is 1. The van der Waals surface area contributed by atoms with Crippen LogP contribution in [0, 0.1) is 5.41 Å². The van der Waals surface area contributed by atoms with Gasteiger partial charge in [-0.3, -0.25) is 0 Å². The highest BCUT2D eigenvalue weighted by Crippen LogP contribution is 2.26. The topological polar surface area (TPSA) is 12.0 Å². The first-order valence-electron chi connectivity index (χ1n) is 5.74. The fraction of sp³-hybridized carbons (Fsp3) is 0.692. The van der Waals surface area contributed by atoms with Crippen LogP contribution in [0.1, 0.15) is 52.0 Å². The fourth-order valence-corrected chi connectivity index (χ4v) is 2.65. The molecule has 1 N–H and O–H groups in total. The predicted molar refractivity (Wildman–Crippen MR) is 69.4 cm³/mol. The van der Waals surface area contributed by atoms with Gasteiger partial charge in [0.25, 0.3) is 0 Å². The maximum Gasteiger partial charge on any atom is 0.0388 e. The van der Waals surface area contributed by atoms with Crippen LogP contribution >= 0.6 is 11.3 Å². The number of rotatable bonds is 4. The average molecular weight is 225 g/mol. The Bertz CT molecular complexity index is 271. The Labute approximate surface area is 97.9 Å². The molecule has 0 fully saturated rings. The number of nitrogens with one attached hydrogen (secondary N) is 1. The van der Waals surface area contributed by atoms with E-state index < -0.39 is 0 Å². The van der Waals surface area contributed by atoms with Crippen LogP contribution in [0.5, 0.6) is 0 Å². The molecule has 0 saturated heterocycles. The van der Waals surface area contributed by atoms with E-state index in [-0.39, 0.29) is 0 Å². The van der Waals surface area contributed by atoms with E-state index in [0.717, 1.165) is 0 Å². The highest BCUT2D eigenvalue weighted by atomic mass is 32.1. The van der Waals surface area contributed by atoms with Crippen molar-refractivity contribution < 1.29 is 0 Å². The lowest BCUT2D eigenvalue weighted by Crippen LogP contribution is -2.40. The predicted octanol–water partition coefficient (Wildman–Crippen LogP) is 4.22. The van der Waals surface area contributed by atoms with E-state index in [1.165, 1.54) is 11.3 Å². The molecular formula is C13H23NS.